The molecule has 27 heavy (non-hydrogen) atoms. The number of aliphatic imine (C=N–C) groups is 1. The lowest BCUT2D eigenvalue weighted by Gasteiger charge is -2.06. The van der Waals surface area contributed by atoms with Gasteiger partial charge in [0.15, 0.2) is 16.7 Å². The van der Waals surface area contributed by atoms with Gasteiger partial charge in [-0.3, -0.25) is 4.99 Å². The zero-order valence-corrected chi connectivity index (χ0v) is 16.6. The number of fused-ring (bicyclic) bond motifs is 1. The summed E-state index contributed by atoms with van der Waals surface area (Å²) in [5, 5.41) is 0.705. The summed E-state index contributed by atoms with van der Waals surface area (Å²) in [7, 11) is 1.60. The molecule has 0 radical (unpaired) electrons. The van der Waals surface area contributed by atoms with Crippen LogP contribution in [-0.2, 0) is 24.3 Å². The summed E-state index contributed by atoms with van der Waals surface area (Å²) >= 11 is -0.628. The van der Waals surface area contributed by atoms with Crippen molar-refractivity contribution < 1.29 is 21.9 Å². The first-order valence-electron chi connectivity index (χ1n) is 8.11. The number of thioether (sulfide) groups is 1. The maximum absolute atomic E-state index is 12.8. The molecule has 11 heteroatoms. The number of hydrogen-bond acceptors (Lipinski definition) is 5. The van der Waals surface area contributed by atoms with Crippen LogP contribution >= 0.6 is 11.8 Å². The second-order valence-electron chi connectivity index (χ2n) is 5.26. The van der Waals surface area contributed by atoms with Gasteiger partial charge in [0.25, 0.3) is 0 Å². The minimum atomic E-state index is -4.51. The van der Waals surface area contributed by atoms with Crippen LogP contribution in [-0.4, -0.2) is 46.4 Å². The van der Waals surface area contributed by atoms with Gasteiger partial charge in [-0.1, -0.05) is 13.8 Å². The Morgan fingerprint density at radius 1 is 1.44 bits per heavy atom. The van der Waals surface area contributed by atoms with Crippen LogP contribution in [0.25, 0.3) is 16.7 Å². The van der Waals surface area contributed by atoms with Gasteiger partial charge in [-0.15, -0.1) is 11.8 Å². The van der Waals surface area contributed by atoms with Crippen molar-refractivity contribution in [2.45, 2.75) is 20.0 Å². The van der Waals surface area contributed by atoms with E-state index in [2.05, 4.69) is 15.0 Å². The molecule has 3 rings (SSSR count). The van der Waals surface area contributed by atoms with E-state index in [0.29, 0.717) is 23.0 Å². The fraction of sp³-hybridized carbons (Fsp3) is 0.438. The molecule has 148 valence electrons. The van der Waals surface area contributed by atoms with E-state index in [1.807, 2.05) is 13.8 Å². The molecule has 0 aliphatic carbocycles. The number of aromatic nitrogens is 3. The smallest absolute Gasteiger partial charge is 0.312 e. The van der Waals surface area contributed by atoms with Crippen LogP contribution in [0.1, 0.15) is 25.2 Å². The Morgan fingerprint density at radius 3 is 2.70 bits per heavy atom. The number of pyridine rings is 1. The minimum Gasteiger partial charge on any atom is -0.312 e. The van der Waals surface area contributed by atoms with E-state index < -0.39 is 22.8 Å². The molecule has 0 saturated carbocycles. The maximum Gasteiger partial charge on any atom is 0.417 e. The highest BCUT2D eigenvalue weighted by Crippen LogP contribution is 2.31. The molecule has 2 aromatic heterocycles. The standard InChI is InChI=1S/C14H13F3N4O2S2.C2H6/c1-21-12(8(7-25(22)23)4-11-18-2-3-24-11)20-10-5-9(14(15,16)17)6-19-13(10)21;1-2/h4-6H,2-3,7H2,1H3,(H,22,23);1-2H3/b8-4+;. The molecule has 0 spiro atoms. The fourth-order valence-electron chi connectivity index (χ4n) is 2.41. The van der Waals surface area contributed by atoms with Crippen molar-refractivity contribution >= 4 is 44.6 Å². The predicted molar refractivity (Wildman–Crippen MR) is 103 cm³/mol. The number of rotatable bonds is 4. The van der Waals surface area contributed by atoms with E-state index in [1.54, 1.807) is 13.1 Å². The Labute approximate surface area is 161 Å². The fourth-order valence-corrected chi connectivity index (χ4v) is 3.69. The molecule has 1 aliphatic rings. The molecular formula is C16H19F3N4O2S2. The molecule has 0 aromatic carbocycles. The van der Waals surface area contributed by atoms with E-state index in [-0.39, 0.29) is 16.9 Å². The van der Waals surface area contributed by atoms with Gasteiger partial charge in [0.2, 0.25) is 0 Å². The van der Waals surface area contributed by atoms with Crippen LogP contribution < -0.4 is 0 Å². The van der Waals surface area contributed by atoms with E-state index >= 15 is 0 Å². The highest BCUT2D eigenvalue weighted by molar-refractivity contribution is 8.14. The second-order valence-corrected chi connectivity index (χ2v) is 7.31. The lowest BCUT2D eigenvalue weighted by atomic mass is 10.2. The van der Waals surface area contributed by atoms with Crippen molar-refractivity contribution in [2.24, 2.45) is 12.0 Å². The number of imidazole rings is 1. The Kier molecular flexibility index (Phi) is 7.18. The third-order valence-corrected chi connectivity index (χ3v) is 5.00. The summed E-state index contributed by atoms with van der Waals surface area (Å²) in [6.07, 6.45) is -2.12. The van der Waals surface area contributed by atoms with Crippen LogP contribution in [0.5, 0.6) is 0 Å². The molecule has 2 aromatic rings. The number of hydrogen-bond donors (Lipinski definition) is 1. The van der Waals surface area contributed by atoms with Crippen molar-refractivity contribution in [3.05, 3.63) is 29.7 Å². The van der Waals surface area contributed by atoms with Crippen molar-refractivity contribution in [1.82, 2.24) is 14.5 Å². The molecule has 0 bridgehead atoms. The first-order valence-corrected chi connectivity index (χ1v) is 10.4. The average Bonchev–Trinajstić information content (AvgIpc) is 3.23. The van der Waals surface area contributed by atoms with Gasteiger partial charge in [0, 0.05) is 31.1 Å². The molecule has 1 aliphatic heterocycles. The third-order valence-electron chi connectivity index (χ3n) is 3.51. The summed E-state index contributed by atoms with van der Waals surface area (Å²) in [6.45, 7) is 4.66. The number of aryl methyl sites for hydroxylation is 1. The maximum atomic E-state index is 12.8. The largest absolute Gasteiger partial charge is 0.417 e. The summed E-state index contributed by atoms with van der Waals surface area (Å²) in [4.78, 5) is 12.3. The van der Waals surface area contributed by atoms with Crippen LogP contribution in [0.15, 0.2) is 23.3 Å². The Hall–Kier alpha value is -1.72. The highest BCUT2D eigenvalue weighted by atomic mass is 32.2. The number of alkyl halides is 3. The molecule has 6 nitrogen and oxygen atoms in total. The van der Waals surface area contributed by atoms with Crippen molar-refractivity contribution in [2.75, 3.05) is 18.1 Å². The topological polar surface area (TPSA) is 80.4 Å². The van der Waals surface area contributed by atoms with E-state index in [4.69, 9.17) is 0 Å². The second kappa shape index (κ2) is 8.98. The third kappa shape index (κ3) is 5.17. The number of halogens is 3. The Morgan fingerprint density at radius 2 is 2.15 bits per heavy atom. The van der Waals surface area contributed by atoms with Gasteiger partial charge in [-0.05, 0) is 12.1 Å². The molecule has 1 atom stereocenters. The Balaban J connectivity index is 0.00000126. The molecule has 0 fully saturated rings. The van der Waals surface area contributed by atoms with E-state index in [9.17, 15) is 21.9 Å². The van der Waals surface area contributed by atoms with Crippen LogP contribution in [0.3, 0.4) is 0 Å². The van der Waals surface area contributed by atoms with E-state index in [1.165, 1.54) is 16.3 Å². The van der Waals surface area contributed by atoms with Crippen LogP contribution in [0.2, 0.25) is 0 Å². The van der Waals surface area contributed by atoms with Crippen molar-refractivity contribution in [3.8, 4) is 0 Å². The van der Waals surface area contributed by atoms with Gasteiger partial charge in [0.05, 0.1) is 16.4 Å². The molecule has 1 unspecified atom stereocenters. The first kappa shape index (κ1) is 21.6. The lowest BCUT2D eigenvalue weighted by Crippen LogP contribution is -2.06. The van der Waals surface area contributed by atoms with E-state index in [0.717, 1.165) is 18.0 Å². The zero-order chi connectivity index (χ0) is 20.2. The van der Waals surface area contributed by atoms with Gasteiger partial charge >= 0.3 is 6.18 Å². The molecule has 1 N–H and O–H groups in total. The summed E-state index contributed by atoms with van der Waals surface area (Å²) in [5.41, 5.74) is -0.138. The lowest BCUT2D eigenvalue weighted by molar-refractivity contribution is -0.137. The average molecular weight is 420 g/mol. The Bertz CT molecular complexity index is 907. The normalized spacial score (nSPS) is 16.1. The molecular weight excluding hydrogens is 401 g/mol. The first-order chi connectivity index (χ1) is 12.8. The molecule has 0 saturated heterocycles. The monoisotopic (exact) mass is 420 g/mol. The minimum absolute atomic E-state index is 0.0722. The number of nitrogens with zero attached hydrogens (tertiary/aromatic N) is 4. The van der Waals surface area contributed by atoms with Gasteiger partial charge in [-0.25, -0.2) is 14.2 Å². The van der Waals surface area contributed by atoms with Crippen LogP contribution in [0, 0.1) is 0 Å². The van der Waals surface area contributed by atoms with Gasteiger partial charge in [-0.2, -0.15) is 13.2 Å². The summed E-state index contributed by atoms with van der Waals surface area (Å²) < 4.78 is 60.6. The zero-order valence-electron chi connectivity index (χ0n) is 14.9. The van der Waals surface area contributed by atoms with Gasteiger partial charge in [0.1, 0.15) is 11.3 Å². The highest BCUT2D eigenvalue weighted by Gasteiger charge is 2.32. The van der Waals surface area contributed by atoms with Crippen LogP contribution in [0.4, 0.5) is 13.2 Å². The van der Waals surface area contributed by atoms with Gasteiger partial charge < -0.3 is 9.12 Å². The SMILES string of the molecule is CC.Cn1c(/C(=C/C2=NCCS2)CS(=O)O)nc2cc(C(F)(F)F)cnc21. The molecule has 3 heterocycles. The quantitative estimate of drug-likeness (QED) is 0.762. The predicted octanol–water partition coefficient (Wildman–Crippen LogP) is 3.76. The van der Waals surface area contributed by atoms with Crippen molar-refractivity contribution in [1.29, 1.82) is 0 Å². The molecule has 0 amide bonds. The summed E-state index contributed by atoms with van der Waals surface area (Å²) in [6, 6.07) is 0.918. The van der Waals surface area contributed by atoms with Crippen molar-refractivity contribution in [3.63, 3.8) is 0 Å². The summed E-state index contributed by atoms with van der Waals surface area (Å²) in [5.74, 6) is 0.905.